The van der Waals surface area contributed by atoms with E-state index in [1.54, 1.807) is 11.3 Å². The zero-order valence-electron chi connectivity index (χ0n) is 28.8. The summed E-state index contributed by atoms with van der Waals surface area (Å²) >= 11 is 1.79. The Morgan fingerprint density at radius 1 is 0.389 bits per heavy atom. The van der Waals surface area contributed by atoms with Gasteiger partial charge in [0.2, 0.25) is 5.89 Å². The van der Waals surface area contributed by atoms with E-state index in [4.69, 9.17) is 24.4 Å². The average molecular weight is 709 g/mol. The Balaban J connectivity index is 1.09. The number of fused-ring (bicyclic) bond motifs is 6. The van der Waals surface area contributed by atoms with Gasteiger partial charge in [0, 0.05) is 42.4 Å². The van der Waals surface area contributed by atoms with E-state index in [9.17, 15) is 0 Å². The molecule has 0 radical (unpaired) electrons. The SMILES string of the molecule is c1ccc(-c2nc(-c3ccc4ccccc4c3)nc(-c3ccc(-c4cccc5sc6cc7nc(-c8ccccc8)oc7cc6c45)c4ccccc34)n2)cc1. The first-order valence-corrected chi connectivity index (χ1v) is 18.7. The van der Waals surface area contributed by atoms with Crippen molar-refractivity contribution in [1.29, 1.82) is 0 Å². The summed E-state index contributed by atoms with van der Waals surface area (Å²) in [6.07, 6.45) is 0. The molecule has 0 aliphatic heterocycles. The summed E-state index contributed by atoms with van der Waals surface area (Å²) in [5, 5.41) is 6.89. The van der Waals surface area contributed by atoms with Crippen LogP contribution in [0.4, 0.5) is 0 Å². The first-order valence-electron chi connectivity index (χ1n) is 17.9. The number of aromatic nitrogens is 4. The van der Waals surface area contributed by atoms with Gasteiger partial charge in [-0.05, 0) is 75.1 Å². The second-order valence-corrected chi connectivity index (χ2v) is 14.5. The summed E-state index contributed by atoms with van der Waals surface area (Å²) in [5.41, 5.74) is 7.76. The fourth-order valence-electron chi connectivity index (χ4n) is 7.57. The highest BCUT2D eigenvalue weighted by atomic mass is 32.1. The summed E-state index contributed by atoms with van der Waals surface area (Å²) in [6, 6.07) is 58.8. The monoisotopic (exact) mass is 708 g/mol. The van der Waals surface area contributed by atoms with Crippen LogP contribution < -0.4 is 0 Å². The third-order valence-corrected chi connectivity index (χ3v) is 11.3. The Hall–Kier alpha value is -7.02. The first kappa shape index (κ1) is 30.6. The molecule has 0 atom stereocenters. The molecular formula is C48H28N4OS. The molecule has 3 heterocycles. The van der Waals surface area contributed by atoms with Crippen molar-refractivity contribution in [2.75, 3.05) is 0 Å². The molecule has 54 heavy (non-hydrogen) atoms. The van der Waals surface area contributed by atoms with Crippen LogP contribution in [0.1, 0.15) is 0 Å². The van der Waals surface area contributed by atoms with Crippen molar-refractivity contribution in [3.05, 3.63) is 170 Å². The molecular weight excluding hydrogens is 681 g/mol. The Morgan fingerprint density at radius 3 is 1.87 bits per heavy atom. The van der Waals surface area contributed by atoms with Crippen molar-refractivity contribution in [3.8, 4) is 56.7 Å². The number of hydrogen-bond acceptors (Lipinski definition) is 6. The van der Waals surface area contributed by atoms with E-state index >= 15 is 0 Å². The smallest absolute Gasteiger partial charge is 0.227 e. The highest BCUT2D eigenvalue weighted by Crippen LogP contribution is 2.44. The Bertz CT molecular complexity index is 3220. The molecule has 6 heteroatoms. The van der Waals surface area contributed by atoms with Crippen molar-refractivity contribution in [2.45, 2.75) is 0 Å². The summed E-state index contributed by atoms with van der Waals surface area (Å²) in [7, 11) is 0. The minimum absolute atomic E-state index is 0.631. The molecule has 0 aliphatic rings. The van der Waals surface area contributed by atoms with Crippen LogP contribution in [0, 0.1) is 0 Å². The molecule has 252 valence electrons. The Morgan fingerprint density at radius 2 is 1.06 bits per heavy atom. The van der Waals surface area contributed by atoms with Gasteiger partial charge < -0.3 is 4.42 Å². The maximum atomic E-state index is 6.34. The predicted molar refractivity (Wildman–Crippen MR) is 222 cm³/mol. The number of hydrogen-bond donors (Lipinski definition) is 0. The molecule has 0 saturated heterocycles. The van der Waals surface area contributed by atoms with Gasteiger partial charge in [-0.3, -0.25) is 0 Å². The fraction of sp³-hybridized carbons (Fsp3) is 0. The molecule has 5 nitrogen and oxygen atoms in total. The van der Waals surface area contributed by atoms with E-state index in [1.807, 2.05) is 60.7 Å². The molecule has 0 unspecified atom stereocenters. The summed E-state index contributed by atoms with van der Waals surface area (Å²) in [4.78, 5) is 20.1. The van der Waals surface area contributed by atoms with Crippen molar-refractivity contribution in [1.82, 2.24) is 19.9 Å². The molecule has 0 N–H and O–H groups in total. The van der Waals surface area contributed by atoms with Gasteiger partial charge in [-0.25, -0.2) is 19.9 Å². The van der Waals surface area contributed by atoms with E-state index in [1.165, 1.54) is 25.7 Å². The first-order chi connectivity index (χ1) is 26.7. The number of thiophene rings is 1. The van der Waals surface area contributed by atoms with Crippen LogP contribution in [0.25, 0.3) is 110 Å². The largest absolute Gasteiger partial charge is 0.436 e. The van der Waals surface area contributed by atoms with Gasteiger partial charge in [-0.1, -0.05) is 127 Å². The van der Waals surface area contributed by atoms with Crippen molar-refractivity contribution >= 4 is 64.2 Å². The highest BCUT2D eigenvalue weighted by Gasteiger charge is 2.19. The fourth-order valence-corrected chi connectivity index (χ4v) is 8.72. The number of nitrogens with zero attached hydrogens (tertiary/aromatic N) is 4. The van der Waals surface area contributed by atoms with E-state index in [0.717, 1.165) is 60.5 Å². The van der Waals surface area contributed by atoms with Gasteiger partial charge in [0.15, 0.2) is 23.1 Å². The Kier molecular flexibility index (Phi) is 6.97. The normalized spacial score (nSPS) is 11.7. The molecule has 11 rings (SSSR count). The number of rotatable bonds is 5. The number of benzene rings is 8. The highest BCUT2D eigenvalue weighted by molar-refractivity contribution is 7.26. The summed E-state index contributed by atoms with van der Waals surface area (Å²) in [5.74, 6) is 2.55. The molecule has 0 amide bonds. The van der Waals surface area contributed by atoms with E-state index < -0.39 is 0 Å². The predicted octanol–water partition coefficient (Wildman–Crippen LogP) is 13.0. The van der Waals surface area contributed by atoms with E-state index in [0.29, 0.717) is 23.4 Å². The molecule has 0 fully saturated rings. The third kappa shape index (κ3) is 5.07. The topological polar surface area (TPSA) is 64.7 Å². The van der Waals surface area contributed by atoms with Gasteiger partial charge in [0.05, 0.1) is 0 Å². The van der Waals surface area contributed by atoms with Gasteiger partial charge in [-0.15, -0.1) is 11.3 Å². The molecule has 8 aromatic carbocycles. The second kappa shape index (κ2) is 12.3. The van der Waals surface area contributed by atoms with Crippen LogP contribution in [-0.4, -0.2) is 19.9 Å². The van der Waals surface area contributed by atoms with Crippen molar-refractivity contribution < 1.29 is 4.42 Å². The maximum Gasteiger partial charge on any atom is 0.227 e. The molecule has 3 aromatic heterocycles. The lowest BCUT2D eigenvalue weighted by atomic mass is 9.92. The average Bonchev–Trinajstić information content (AvgIpc) is 3.83. The van der Waals surface area contributed by atoms with Crippen LogP contribution in [0.2, 0.25) is 0 Å². The van der Waals surface area contributed by atoms with Crippen LogP contribution in [-0.2, 0) is 0 Å². The van der Waals surface area contributed by atoms with Crippen molar-refractivity contribution in [2.24, 2.45) is 0 Å². The van der Waals surface area contributed by atoms with Crippen LogP contribution in [0.5, 0.6) is 0 Å². The zero-order chi connectivity index (χ0) is 35.6. The molecule has 0 spiro atoms. The van der Waals surface area contributed by atoms with Crippen molar-refractivity contribution in [3.63, 3.8) is 0 Å². The Labute approximate surface area is 313 Å². The van der Waals surface area contributed by atoms with Crippen LogP contribution in [0.15, 0.2) is 174 Å². The molecule has 0 bridgehead atoms. The van der Waals surface area contributed by atoms with Gasteiger partial charge in [0.1, 0.15) is 5.52 Å². The van der Waals surface area contributed by atoms with Gasteiger partial charge in [0.25, 0.3) is 0 Å². The maximum absolute atomic E-state index is 6.34. The molecule has 11 aromatic rings. The lowest BCUT2D eigenvalue weighted by Gasteiger charge is -2.14. The lowest BCUT2D eigenvalue weighted by Crippen LogP contribution is -2.00. The zero-order valence-corrected chi connectivity index (χ0v) is 29.6. The van der Waals surface area contributed by atoms with E-state index in [2.05, 4.69) is 109 Å². The minimum Gasteiger partial charge on any atom is -0.436 e. The summed E-state index contributed by atoms with van der Waals surface area (Å²) in [6.45, 7) is 0. The second-order valence-electron chi connectivity index (χ2n) is 13.4. The van der Waals surface area contributed by atoms with E-state index in [-0.39, 0.29) is 0 Å². The van der Waals surface area contributed by atoms with Gasteiger partial charge in [-0.2, -0.15) is 0 Å². The minimum atomic E-state index is 0.631. The van der Waals surface area contributed by atoms with Crippen LogP contribution in [0.3, 0.4) is 0 Å². The number of oxazole rings is 1. The summed E-state index contributed by atoms with van der Waals surface area (Å²) < 4.78 is 8.74. The third-order valence-electron chi connectivity index (χ3n) is 10.2. The standard InChI is InChI=1S/C48H28N4OS/c1-3-13-30(14-4-1)45-50-46(33-23-22-29-12-7-8-17-32(29)26-33)52-47(51-45)38-25-24-36(34-18-9-10-19-35(34)38)37-20-11-21-42-44(37)39-27-41-40(28-43(39)54-42)49-48(53-41)31-15-5-2-6-16-31/h1-28H. The quantitative estimate of drug-likeness (QED) is 0.178. The van der Waals surface area contributed by atoms with Gasteiger partial charge >= 0.3 is 0 Å². The molecule has 0 aliphatic carbocycles. The van der Waals surface area contributed by atoms with Crippen LogP contribution >= 0.6 is 11.3 Å². The molecule has 0 saturated carbocycles. The lowest BCUT2D eigenvalue weighted by molar-refractivity contribution is 0.620.